The second-order valence-corrected chi connectivity index (χ2v) is 9.83. The Bertz CT molecular complexity index is 1310. The van der Waals surface area contributed by atoms with Gasteiger partial charge in [0.1, 0.15) is 18.5 Å². The summed E-state index contributed by atoms with van der Waals surface area (Å²) in [7, 11) is 1.54. The summed E-state index contributed by atoms with van der Waals surface area (Å²) in [6, 6.07) is 9.55. The van der Waals surface area contributed by atoms with Crippen LogP contribution in [-0.2, 0) is 11.4 Å². The zero-order valence-electron chi connectivity index (χ0n) is 19.3. The Kier molecular flexibility index (Phi) is 6.71. The quantitative estimate of drug-likeness (QED) is 0.400. The average Bonchev–Trinajstić information content (AvgIpc) is 3.25. The second-order valence-electron chi connectivity index (χ2n) is 8.19. The highest BCUT2D eigenvalue weighted by Gasteiger charge is 2.37. The van der Waals surface area contributed by atoms with E-state index in [9.17, 15) is 9.18 Å². The Hall–Kier alpha value is -3.04. The molecule has 0 fully saturated rings. The van der Waals surface area contributed by atoms with Crippen molar-refractivity contribution >= 4 is 35.1 Å². The van der Waals surface area contributed by atoms with Crippen LogP contribution >= 0.6 is 23.4 Å². The average molecular weight is 515 g/mol. The van der Waals surface area contributed by atoms with Gasteiger partial charge in [-0.2, -0.15) is 4.98 Å². The van der Waals surface area contributed by atoms with Gasteiger partial charge >= 0.3 is 0 Å². The van der Waals surface area contributed by atoms with Crippen molar-refractivity contribution in [3.63, 3.8) is 0 Å². The molecule has 0 radical (unpaired) electrons. The van der Waals surface area contributed by atoms with Crippen LogP contribution in [0.15, 0.2) is 52.8 Å². The van der Waals surface area contributed by atoms with Gasteiger partial charge in [0.15, 0.2) is 17.3 Å². The van der Waals surface area contributed by atoms with Crippen molar-refractivity contribution in [2.45, 2.75) is 44.0 Å². The topological polar surface area (TPSA) is 78.3 Å². The number of hydrogen-bond donors (Lipinski definition) is 1. The molecule has 7 nitrogen and oxygen atoms in total. The van der Waals surface area contributed by atoms with Crippen LogP contribution in [0.2, 0.25) is 5.02 Å². The number of fused-ring (bicyclic) bond motifs is 1. The van der Waals surface area contributed by atoms with Crippen molar-refractivity contribution in [1.29, 1.82) is 0 Å². The number of ether oxygens (including phenoxy) is 2. The number of ketones is 1. The first-order valence-electron chi connectivity index (χ1n) is 11.4. The zero-order valence-corrected chi connectivity index (χ0v) is 20.9. The molecule has 0 saturated carbocycles. The van der Waals surface area contributed by atoms with E-state index in [1.54, 1.807) is 34.6 Å². The number of nitrogens with one attached hydrogen (secondary N) is 1. The Morgan fingerprint density at radius 3 is 2.89 bits per heavy atom. The number of nitrogens with zero attached hydrogens (tertiary/aromatic N) is 3. The number of thioether (sulfide) groups is 1. The van der Waals surface area contributed by atoms with E-state index in [0.29, 0.717) is 39.6 Å². The lowest BCUT2D eigenvalue weighted by Crippen LogP contribution is -2.31. The van der Waals surface area contributed by atoms with Gasteiger partial charge in [-0.1, -0.05) is 42.4 Å². The molecule has 1 N–H and O–H groups in total. The molecule has 1 aliphatic carbocycles. The number of halogens is 2. The lowest BCUT2D eigenvalue weighted by atomic mass is 9.85. The molecule has 2 aromatic carbocycles. The third-order valence-corrected chi connectivity index (χ3v) is 7.13. The lowest BCUT2D eigenvalue weighted by Gasteiger charge is -2.32. The Labute approximate surface area is 211 Å². The van der Waals surface area contributed by atoms with Crippen molar-refractivity contribution < 1.29 is 18.7 Å². The summed E-state index contributed by atoms with van der Waals surface area (Å²) in [5, 5.41) is 8.97. The minimum Gasteiger partial charge on any atom is -0.493 e. The lowest BCUT2D eigenvalue weighted by molar-refractivity contribution is -0.116. The normalized spacial score (nSPS) is 17.0. The molecule has 35 heavy (non-hydrogen) atoms. The number of methoxy groups -OCH3 is 1. The van der Waals surface area contributed by atoms with Crippen molar-refractivity contribution in [3.8, 4) is 11.5 Å². The van der Waals surface area contributed by atoms with Gasteiger partial charge in [0.05, 0.1) is 12.1 Å². The molecule has 0 spiro atoms. The summed E-state index contributed by atoms with van der Waals surface area (Å²) in [4.78, 5) is 17.7. The smallest absolute Gasteiger partial charge is 0.227 e. The van der Waals surface area contributed by atoms with E-state index < -0.39 is 11.9 Å². The highest BCUT2D eigenvalue weighted by atomic mass is 35.5. The van der Waals surface area contributed by atoms with Gasteiger partial charge in [-0.05, 0) is 48.4 Å². The summed E-state index contributed by atoms with van der Waals surface area (Å²) in [6.45, 7) is 1.99. The van der Waals surface area contributed by atoms with Crippen LogP contribution in [0.25, 0.3) is 0 Å². The second kappa shape index (κ2) is 9.91. The summed E-state index contributed by atoms with van der Waals surface area (Å²) < 4.78 is 27.4. The van der Waals surface area contributed by atoms with Crippen LogP contribution in [0.4, 0.5) is 10.3 Å². The van der Waals surface area contributed by atoms with Crippen LogP contribution in [0.5, 0.6) is 11.5 Å². The molecule has 1 atom stereocenters. The van der Waals surface area contributed by atoms with Crippen molar-refractivity contribution in [2.24, 2.45) is 0 Å². The third-order valence-electron chi connectivity index (χ3n) is 6.06. The minimum absolute atomic E-state index is 0.0484. The van der Waals surface area contributed by atoms with E-state index in [-0.39, 0.29) is 18.0 Å². The monoisotopic (exact) mass is 514 g/mol. The summed E-state index contributed by atoms with van der Waals surface area (Å²) >= 11 is 7.68. The number of hydrogen-bond acceptors (Lipinski definition) is 7. The number of benzene rings is 2. The number of rotatable bonds is 7. The largest absolute Gasteiger partial charge is 0.493 e. The number of aromatic nitrogens is 3. The number of Topliss-reactive ketones (excluding diaryl/α,β-unsaturated/α-hetero) is 1. The first kappa shape index (κ1) is 23.7. The zero-order chi connectivity index (χ0) is 24.5. The molecule has 0 bridgehead atoms. The Balaban J connectivity index is 1.52. The molecule has 0 amide bonds. The maximum atomic E-state index is 14.2. The molecule has 10 heteroatoms. The maximum absolute atomic E-state index is 14.2. The molecule has 1 aliphatic heterocycles. The highest BCUT2D eigenvalue weighted by Crippen LogP contribution is 2.42. The molecule has 2 heterocycles. The first-order chi connectivity index (χ1) is 17.0. The van der Waals surface area contributed by atoms with E-state index in [2.05, 4.69) is 15.4 Å². The summed E-state index contributed by atoms with van der Waals surface area (Å²) in [6.07, 6.45) is 2.08. The van der Waals surface area contributed by atoms with E-state index in [1.807, 2.05) is 19.1 Å². The van der Waals surface area contributed by atoms with Crippen LogP contribution in [0, 0.1) is 5.82 Å². The van der Waals surface area contributed by atoms with E-state index in [4.69, 9.17) is 21.1 Å². The molecule has 182 valence electrons. The van der Waals surface area contributed by atoms with Crippen LogP contribution in [0.3, 0.4) is 0 Å². The Morgan fingerprint density at radius 1 is 1.26 bits per heavy atom. The van der Waals surface area contributed by atoms with Crippen LogP contribution in [0.1, 0.15) is 43.4 Å². The molecule has 5 rings (SSSR count). The van der Waals surface area contributed by atoms with Gasteiger partial charge in [-0.3, -0.25) is 4.79 Å². The fourth-order valence-electron chi connectivity index (χ4n) is 4.43. The minimum atomic E-state index is -0.434. The standard InChI is InChI=1S/C25H24ClFN4O3S/c1-3-35-25-29-24-28-18-8-5-9-19(32)22(18)23(31(24)30-25)14-10-11-20(21(12-14)33-2)34-13-15-16(26)6-4-7-17(15)27/h4,6-7,10-12,23H,3,5,8-9,13H2,1-2H3,(H,28,29,30). The highest BCUT2D eigenvalue weighted by molar-refractivity contribution is 7.99. The molecular formula is C25H24ClFN4O3S. The van der Waals surface area contributed by atoms with Crippen LogP contribution in [-0.4, -0.2) is 33.4 Å². The molecular weight excluding hydrogens is 491 g/mol. The SMILES string of the molecule is CCSc1nc2n(n1)C(c1ccc(OCc3c(F)cccc3Cl)c(OC)c1)C1=C(CCCC1=O)N2. The van der Waals surface area contributed by atoms with Gasteiger partial charge in [-0.25, -0.2) is 9.07 Å². The van der Waals surface area contributed by atoms with Crippen LogP contribution < -0.4 is 14.8 Å². The molecule has 2 aliphatic rings. The Morgan fingerprint density at radius 2 is 2.11 bits per heavy atom. The van der Waals surface area contributed by atoms with Gasteiger partial charge in [0.2, 0.25) is 11.1 Å². The molecule has 1 unspecified atom stereocenters. The van der Waals surface area contributed by atoms with E-state index in [1.165, 1.54) is 13.2 Å². The predicted octanol–water partition coefficient (Wildman–Crippen LogP) is 5.79. The maximum Gasteiger partial charge on any atom is 0.227 e. The van der Waals surface area contributed by atoms with Crippen molar-refractivity contribution in [3.05, 3.63) is 69.6 Å². The number of allylic oxidation sites excluding steroid dienone is 2. The van der Waals surface area contributed by atoms with Gasteiger partial charge < -0.3 is 14.8 Å². The van der Waals surface area contributed by atoms with Gasteiger partial charge in [0, 0.05) is 23.3 Å². The molecule has 1 aromatic heterocycles. The number of anilines is 1. The van der Waals surface area contributed by atoms with E-state index >= 15 is 0 Å². The fourth-order valence-corrected chi connectivity index (χ4v) is 5.20. The predicted molar refractivity (Wildman–Crippen MR) is 133 cm³/mol. The first-order valence-corrected chi connectivity index (χ1v) is 12.7. The molecule has 3 aromatic rings. The molecule has 0 saturated heterocycles. The fraction of sp³-hybridized carbons (Fsp3) is 0.320. The van der Waals surface area contributed by atoms with Crippen molar-refractivity contribution in [1.82, 2.24) is 14.8 Å². The third kappa shape index (κ3) is 4.50. The van der Waals surface area contributed by atoms with E-state index in [0.717, 1.165) is 29.9 Å². The summed E-state index contributed by atoms with van der Waals surface area (Å²) in [5.41, 5.74) is 2.69. The number of carbonyl (C=O) groups is 1. The number of carbonyl (C=O) groups excluding carboxylic acids is 1. The summed E-state index contributed by atoms with van der Waals surface area (Å²) in [5.74, 6) is 2.03. The van der Waals surface area contributed by atoms with Gasteiger partial charge in [-0.15, -0.1) is 5.10 Å². The van der Waals surface area contributed by atoms with Gasteiger partial charge in [0.25, 0.3) is 0 Å². The van der Waals surface area contributed by atoms with Crippen molar-refractivity contribution in [2.75, 3.05) is 18.2 Å².